The molecule has 0 aliphatic rings. The molecule has 1 unspecified atom stereocenters. The fraction of sp³-hybridized carbons (Fsp3) is 0.647. The summed E-state index contributed by atoms with van der Waals surface area (Å²) in [5.41, 5.74) is 1.50. The largest absolute Gasteiger partial charge is 0.197 e. The van der Waals surface area contributed by atoms with Crippen LogP contribution in [0.2, 0.25) is 0 Å². The maximum absolute atomic E-state index is 2.32. The maximum Gasteiger partial charge on any atom is -0.0279 e. The molecule has 0 aliphatic carbocycles. The van der Waals surface area contributed by atoms with Crippen molar-refractivity contribution >= 4 is 13.5 Å². The second-order valence-electron chi connectivity index (χ2n) is 5.17. The van der Waals surface area contributed by atoms with E-state index >= 15 is 0 Å². The Morgan fingerprint density at radius 2 is 1.50 bits per heavy atom. The van der Waals surface area contributed by atoms with Crippen LogP contribution < -0.4 is 0 Å². The molecule has 0 aliphatic heterocycles. The monoisotopic (exact) mass is 266 g/mol. The van der Waals surface area contributed by atoms with Gasteiger partial charge in [0.2, 0.25) is 0 Å². The van der Waals surface area contributed by atoms with Crippen LogP contribution in [0.3, 0.4) is 0 Å². The van der Waals surface area contributed by atoms with E-state index in [1.807, 2.05) is 0 Å². The molecule has 1 atom stereocenters. The van der Waals surface area contributed by atoms with Gasteiger partial charge in [-0.1, -0.05) is 82.7 Å². The number of benzene rings is 1. The molecular formula is C17H30S. The lowest BCUT2D eigenvalue weighted by Gasteiger charge is -2.15. The van der Waals surface area contributed by atoms with E-state index < -0.39 is 0 Å². The van der Waals surface area contributed by atoms with E-state index in [1.165, 1.54) is 56.9 Å². The van der Waals surface area contributed by atoms with Gasteiger partial charge in [-0.25, -0.2) is 0 Å². The van der Waals surface area contributed by atoms with Crippen LogP contribution in [0.5, 0.6) is 0 Å². The Labute approximate surface area is 121 Å². The minimum absolute atomic E-state index is 0. The molecule has 1 aromatic carbocycles. The molecule has 0 saturated heterocycles. The molecule has 0 heterocycles. The van der Waals surface area contributed by atoms with Crippen molar-refractivity contribution in [1.29, 1.82) is 0 Å². The zero-order valence-corrected chi connectivity index (χ0v) is 13.1. The van der Waals surface area contributed by atoms with Crippen LogP contribution in [0.25, 0.3) is 0 Å². The average molecular weight is 266 g/mol. The zero-order chi connectivity index (χ0) is 12.3. The molecule has 0 radical (unpaired) electrons. The highest BCUT2D eigenvalue weighted by Crippen LogP contribution is 2.21. The van der Waals surface area contributed by atoms with Crippen molar-refractivity contribution in [2.75, 3.05) is 0 Å². The topological polar surface area (TPSA) is 0 Å². The lowest BCUT2D eigenvalue weighted by molar-refractivity contribution is 0.392. The highest BCUT2D eigenvalue weighted by Gasteiger charge is 2.06. The Bertz CT molecular complexity index is 268. The van der Waals surface area contributed by atoms with Crippen molar-refractivity contribution < 1.29 is 0 Å². The molecule has 0 aromatic heterocycles. The first-order valence-electron chi connectivity index (χ1n) is 7.40. The first-order valence-corrected chi connectivity index (χ1v) is 7.40. The lowest BCUT2D eigenvalue weighted by atomic mass is 9.91. The van der Waals surface area contributed by atoms with Crippen molar-refractivity contribution in [2.24, 2.45) is 5.92 Å². The molecule has 1 aromatic rings. The predicted molar refractivity (Wildman–Crippen MR) is 87.7 cm³/mol. The number of hydrogen-bond acceptors (Lipinski definition) is 0. The average Bonchev–Trinajstić information content (AvgIpc) is 2.37. The van der Waals surface area contributed by atoms with Crippen molar-refractivity contribution in [1.82, 2.24) is 0 Å². The van der Waals surface area contributed by atoms with Gasteiger partial charge in [0.05, 0.1) is 0 Å². The maximum atomic E-state index is 2.32. The lowest BCUT2D eigenvalue weighted by Crippen LogP contribution is -2.01. The molecule has 1 rings (SSSR count). The van der Waals surface area contributed by atoms with Crippen LogP contribution in [0.15, 0.2) is 30.3 Å². The number of aryl methyl sites for hydroxylation is 1. The highest BCUT2D eigenvalue weighted by molar-refractivity contribution is 7.59. The van der Waals surface area contributed by atoms with Crippen LogP contribution in [0.4, 0.5) is 0 Å². The van der Waals surface area contributed by atoms with E-state index in [9.17, 15) is 0 Å². The summed E-state index contributed by atoms with van der Waals surface area (Å²) in [6, 6.07) is 10.9. The van der Waals surface area contributed by atoms with Crippen molar-refractivity contribution in [3.8, 4) is 0 Å². The SMILES string of the molecule is CCCCC(CCC)CCCc1ccccc1.S. The van der Waals surface area contributed by atoms with Crippen molar-refractivity contribution in [3.63, 3.8) is 0 Å². The van der Waals surface area contributed by atoms with Gasteiger partial charge in [0.25, 0.3) is 0 Å². The molecule has 0 saturated carbocycles. The van der Waals surface area contributed by atoms with Gasteiger partial charge < -0.3 is 0 Å². The first kappa shape index (κ1) is 17.6. The molecule has 0 amide bonds. The predicted octanol–water partition coefficient (Wildman–Crippen LogP) is 5.73. The van der Waals surface area contributed by atoms with Crippen LogP contribution in [-0.4, -0.2) is 0 Å². The number of hydrogen-bond donors (Lipinski definition) is 0. The van der Waals surface area contributed by atoms with Gasteiger partial charge >= 0.3 is 0 Å². The Hall–Kier alpha value is -0.430. The standard InChI is InChI=1S/C17H28.H2S/c1-3-5-11-16(10-4-2)14-9-15-17-12-7-6-8-13-17;/h6-8,12-13,16H,3-5,9-11,14-15H2,1-2H3;1H2. The quantitative estimate of drug-likeness (QED) is 0.535. The number of rotatable bonds is 9. The van der Waals surface area contributed by atoms with Gasteiger partial charge in [-0.15, -0.1) is 0 Å². The summed E-state index contributed by atoms with van der Waals surface area (Å²) in [5, 5.41) is 0. The zero-order valence-electron chi connectivity index (χ0n) is 12.1. The Morgan fingerprint density at radius 3 is 2.11 bits per heavy atom. The van der Waals surface area contributed by atoms with Crippen LogP contribution in [0, 0.1) is 5.92 Å². The van der Waals surface area contributed by atoms with E-state index in [4.69, 9.17) is 0 Å². The molecule has 1 heteroatoms. The summed E-state index contributed by atoms with van der Waals surface area (Å²) in [7, 11) is 0. The van der Waals surface area contributed by atoms with Gasteiger partial charge in [0.1, 0.15) is 0 Å². The summed E-state index contributed by atoms with van der Waals surface area (Å²) in [5.74, 6) is 0.976. The van der Waals surface area contributed by atoms with Crippen LogP contribution in [-0.2, 0) is 6.42 Å². The Kier molecular flexibility index (Phi) is 11.4. The van der Waals surface area contributed by atoms with E-state index in [1.54, 1.807) is 0 Å². The van der Waals surface area contributed by atoms with Crippen molar-refractivity contribution in [2.45, 2.75) is 65.2 Å². The summed E-state index contributed by atoms with van der Waals surface area (Å²) in [6.45, 7) is 4.61. The molecule has 18 heavy (non-hydrogen) atoms. The normalized spacial score (nSPS) is 11.9. The molecular weight excluding hydrogens is 236 g/mol. The van der Waals surface area contributed by atoms with Gasteiger partial charge in [0.15, 0.2) is 0 Å². The molecule has 0 bridgehead atoms. The third kappa shape index (κ3) is 7.81. The van der Waals surface area contributed by atoms with E-state index in [2.05, 4.69) is 44.2 Å². The molecule has 104 valence electrons. The van der Waals surface area contributed by atoms with Gasteiger partial charge in [-0.05, 0) is 24.3 Å². The second kappa shape index (κ2) is 11.6. The third-order valence-corrected chi connectivity index (χ3v) is 3.58. The minimum atomic E-state index is 0. The Balaban J connectivity index is 0.00000289. The van der Waals surface area contributed by atoms with Gasteiger partial charge in [-0.3, -0.25) is 0 Å². The fourth-order valence-corrected chi connectivity index (χ4v) is 2.57. The highest BCUT2D eigenvalue weighted by atomic mass is 32.1. The minimum Gasteiger partial charge on any atom is -0.197 e. The van der Waals surface area contributed by atoms with Crippen molar-refractivity contribution in [3.05, 3.63) is 35.9 Å². The summed E-state index contributed by atoms with van der Waals surface area (Å²) >= 11 is 0. The number of unbranched alkanes of at least 4 members (excludes halogenated alkanes) is 1. The smallest absolute Gasteiger partial charge is 0.0279 e. The van der Waals surface area contributed by atoms with Crippen LogP contribution in [0.1, 0.15) is 64.4 Å². The molecule has 0 spiro atoms. The summed E-state index contributed by atoms with van der Waals surface area (Å²) < 4.78 is 0. The van der Waals surface area contributed by atoms with Gasteiger partial charge in [-0.2, -0.15) is 13.5 Å². The fourth-order valence-electron chi connectivity index (χ4n) is 2.57. The van der Waals surface area contributed by atoms with Crippen LogP contribution >= 0.6 is 13.5 Å². The first-order chi connectivity index (χ1) is 8.36. The van der Waals surface area contributed by atoms with Gasteiger partial charge in [0, 0.05) is 0 Å². The van der Waals surface area contributed by atoms with E-state index in [-0.39, 0.29) is 13.5 Å². The summed E-state index contributed by atoms with van der Waals surface area (Å²) in [6.07, 6.45) is 11.0. The second-order valence-corrected chi connectivity index (χ2v) is 5.17. The molecule has 0 nitrogen and oxygen atoms in total. The third-order valence-electron chi connectivity index (χ3n) is 3.58. The molecule has 0 N–H and O–H groups in total. The summed E-state index contributed by atoms with van der Waals surface area (Å²) in [4.78, 5) is 0. The molecule has 0 fully saturated rings. The van der Waals surface area contributed by atoms with E-state index in [0.717, 1.165) is 5.92 Å². The Morgan fingerprint density at radius 1 is 0.833 bits per heavy atom. The van der Waals surface area contributed by atoms with E-state index in [0.29, 0.717) is 0 Å².